The summed E-state index contributed by atoms with van der Waals surface area (Å²) in [4.78, 5) is 15.6. The van der Waals surface area contributed by atoms with E-state index in [9.17, 15) is 4.79 Å². The van der Waals surface area contributed by atoms with E-state index >= 15 is 0 Å². The van der Waals surface area contributed by atoms with E-state index in [0.29, 0.717) is 29.8 Å². The SMILES string of the molecule is CC1=C2C[C@H]3[C@@H](CC=C4C[C@@H](C)CC[C@@]43C)[C@@H]2CC[C@@]2(C1)O[C@@H]1C[C@H](C)CN(C(=O)OCc3ccccc3)[C@H]1[C@H]2C. The molecule has 2 heterocycles. The van der Waals surface area contributed by atoms with Crippen LogP contribution in [0.5, 0.6) is 0 Å². The Bertz CT molecular complexity index is 1240. The van der Waals surface area contributed by atoms with Crippen molar-refractivity contribution in [3.8, 4) is 0 Å². The molecule has 0 radical (unpaired) electrons. The van der Waals surface area contributed by atoms with Gasteiger partial charge in [-0.25, -0.2) is 4.79 Å². The van der Waals surface area contributed by atoms with Crippen LogP contribution in [0, 0.1) is 40.9 Å². The largest absolute Gasteiger partial charge is 0.445 e. The van der Waals surface area contributed by atoms with E-state index in [-0.39, 0.29) is 23.8 Å². The van der Waals surface area contributed by atoms with Crippen molar-refractivity contribution in [1.29, 1.82) is 0 Å². The second-order valence-corrected chi connectivity index (χ2v) is 15.4. The maximum atomic E-state index is 13.5. The zero-order chi connectivity index (χ0) is 28.5. The minimum absolute atomic E-state index is 0.0984. The Hall–Kier alpha value is -2.07. The van der Waals surface area contributed by atoms with Gasteiger partial charge in [0.05, 0.1) is 17.7 Å². The van der Waals surface area contributed by atoms with Gasteiger partial charge in [0.2, 0.25) is 0 Å². The predicted octanol–water partition coefficient (Wildman–Crippen LogP) is 8.72. The molecular formula is C37H51NO3. The summed E-state index contributed by atoms with van der Waals surface area (Å²) >= 11 is 0. The lowest BCUT2D eigenvalue weighted by atomic mass is 9.56. The van der Waals surface area contributed by atoms with Crippen molar-refractivity contribution in [3.63, 3.8) is 0 Å². The Morgan fingerprint density at radius 2 is 1.88 bits per heavy atom. The average Bonchev–Trinajstić information content (AvgIpc) is 3.42. The molecule has 0 aromatic heterocycles. The molecule has 2 saturated heterocycles. The number of allylic oxidation sites excluding steroid dienone is 3. The summed E-state index contributed by atoms with van der Waals surface area (Å²) in [7, 11) is 0. The fraction of sp³-hybridized carbons (Fsp3) is 0.703. The number of rotatable bonds is 2. The number of likely N-dealkylation sites (tertiary alicyclic amines) is 1. The Morgan fingerprint density at radius 3 is 2.68 bits per heavy atom. The van der Waals surface area contributed by atoms with Gasteiger partial charge in [-0.15, -0.1) is 0 Å². The van der Waals surface area contributed by atoms with Gasteiger partial charge in [0.15, 0.2) is 0 Å². The molecule has 4 aliphatic carbocycles. The molecular weight excluding hydrogens is 506 g/mol. The number of carbonyl (C=O) groups is 1. The van der Waals surface area contributed by atoms with Gasteiger partial charge in [-0.1, -0.05) is 80.8 Å². The maximum absolute atomic E-state index is 13.5. The van der Waals surface area contributed by atoms with Gasteiger partial charge in [-0.05, 0) is 105 Å². The number of fused-ring (bicyclic) bond motifs is 6. The van der Waals surface area contributed by atoms with Crippen LogP contribution in [-0.4, -0.2) is 35.3 Å². The molecule has 0 N–H and O–H groups in total. The second-order valence-electron chi connectivity index (χ2n) is 15.4. The zero-order valence-electron chi connectivity index (χ0n) is 26.0. The highest BCUT2D eigenvalue weighted by Gasteiger charge is 2.60. The lowest BCUT2D eigenvalue weighted by Gasteiger charge is -2.49. The van der Waals surface area contributed by atoms with Crippen LogP contribution in [0.25, 0.3) is 0 Å². The Kier molecular flexibility index (Phi) is 6.96. The lowest BCUT2D eigenvalue weighted by molar-refractivity contribution is -0.0783. The number of amides is 1. The van der Waals surface area contributed by atoms with Crippen molar-refractivity contribution < 1.29 is 14.3 Å². The molecule has 222 valence electrons. The molecule has 1 aromatic carbocycles. The van der Waals surface area contributed by atoms with E-state index in [2.05, 4.69) is 40.7 Å². The first-order valence-electron chi connectivity index (χ1n) is 16.7. The van der Waals surface area contributed by atoms with Gasteiger partial charge in [-0.2, -0.15) is 0 Å². The molecule has 2 aliphatic heterocycles. The molecule has 2 saturated carbocycles. The van der Waals surface area contributed by atoms with Crippen LogP contribution in [-0.2, 0) is 16.1 Å². The predicted molar refractivity (Wildman–Crippen MR) is 163 cm³/mol. The van der Waals surface area contributed by atoms with E-state index < -0.39 is 0 Å². The van der Waals surface area contributed by atoms with Gasteiger partial charge < -0.3 is 14.4 Å². The van der Waals surface area contributed by atoms with Crippen molar-refractivity contribution >= 4 is 6.09 Å². The van der Waals surface area contributed by atoms with Crippen LogP contribution in [0.4, 0.5) is 4.79 Å². The summed E-state index contributed by atoms with van der Waals surface area (Å²) in [5.74, 6) is 3.87. The van der Waals surface area contributed by atoms with Gasteiger partial charge in [0, 0.05) is 12.5 Å². The first-order chi connectivity index (χ1) is 19.7. The van der Waals surface area contributed by atoms with E-state index in [1.807, 2.05) is 35.2 Å². The van der Waals surface area contributed by atoms with Gasteiger partial charge in [0.1, 0.15) is 6.61 Å². The van der Waals surface area contributed by atoms with Crippen molar-refractivity contribution in [3.05, 3.63) is 58.7 Å². The molecule has 4 nitrogen and oxygen atoms in total. The molecule has 4 heteroatoms. The number of benzene rings is 1. The van der Waals surface area contributed by atoms with E-state index in [4.69, 9.17) is 9.47 Å². The van der Waals surface area contributed by atoms with Crippen molar-refractivity contribution in [1.82, 2.24) is 4.90 Å². The fourth-order valence-electron chi connectivity index (χ4n) is 10.7. The summed E-state index contributed by atoms with van der Waals surface area (Å²) in [6.45, 7) is 13.2. The molecule has 6 aliphatic rings. The lowest BCUT2D eigenvalue weighted by Crippen LogP contribution is -2.54. The summed E-state index contributed by atoms with van der Waals surface area (Å²) in [5.41, 5.74) is 6.45. The number of hydrogen-bond acceptors (Lipinski definition) is 3. The molecule has 4 fully saturated rings. The summed E-state index contributed by atoms with van der Waals surface area (Å²) in [6.07, 6.45) is 13.7. The summed E-state index contributed by atoms with van der Waals surface area (Å²) in [5, 5.41) is 0. The smallest absolute Gasteiger partial charge is 0.410 e. The van der Waals surface area contributed by atoms with Crippen LogP contribution < -0.4 is 0 Å². The first kappa shape index (κ1) is 27.7. The number of piperidine rings is 1. The van der Waals surface area contributed by atoms with E-state index in [1.165, 1.54) is 38.5 Å². The molecule has 1 amide bonds. The van der Waals surface area contributed by atoms with Gasteiger partial charge in [-0.3, -0.25) is 0 Å². The molecule has 1 spiro atoms. The zero-order valence-corrected chi connectivity index (χ0v) is 26.0. The van der Waals surface area contributed by atoms with Crippen LogP contribution in [0.3, 0.4) is 0 Å². The molecule has 1 aromatic rings. The molecule has 0 bridgehead atoms. The van der Waals surface area contributed by atoms with Crippen LogP contribution in [0.15, 0.2) is 53.1 Å². The van der Waals surface area contributed by atoms with Crippen LogP contribution in [0.2, 0.25) is 0 Å². The standard InChI is InChI=1S/C37H51NO3/c1-23-13-15-36(5)28(17-23)11-12-30-29-14-16-37(20-25(3)31(29)19-32(30)36)26(4)34-33(41-37)18-24(2)21-38(34)35(39)40-22-27-9-7-6-8-10-27/h6-11,23-24,26,29-30,32-34H,12-22H2,1-5H3/t23-,24-,26+,29-,30-,32-,33+,34-,36-,37-/m0/s1. The normalized spacial score (nSPS) is 43.5. The molecule has 10 atom stereocenters. The Morgan fingerprint density at radius 1 is 1.07 bits per heavy atom. The monoisotopic (exact) mass is 557 g/mol. The third kappa shape index (κ3) is 4.53. The highest BCUT2D eigenvalue weighted by Crippen LogP contribution is 2.64. The third-order valence-electron chi connectivity index (χ3n) is 12.9. The fourth-order valence-corrected chi connectivity index (χ4v) is 10.7. The average molecular weight is 558 g/mol. The number of ether oxygens (including phenoxy) is 2. The second kappa shape index (κ2) is 10.3. The highest BCUT2D eigenvalue weighted by molar-refractivity contribution is 5.68. The maximum Gasteiger partial charge on any atom is 0.410 e. The number of carbonyl (C=O) groups excluding carboxylic acids is 1. The van der Waals surface area contributed by atoms with E-state index in [0.717, 1.165) is 49.1 Å². The Balaban J connectivity index is 1.11. The Labute approximate surface area is 247 Å². The van der Waals surface area contributed by atoms with Crippen molar-refractivity contribution in [2.75, 3.05) is 6.54 Å². The molecule has 0 unspecified atom stereocenters. The minimum Gasteiger partial charge on any atom is -0.445 e. The minimum atomic E-state index is -0.175. The summed E-state index contributed by atoms with van der Waals surface area (Å²) < 4.78 is 13.1. The van der Waals surface area contributed by atoms with Crippen molar-refractivity contribution in [2.24, 2.45) is 40.9 Å². The first-order valence-corrected chi connectivity index (χ1v) is 16.7. The van der Waals surface area contributed by atoms with Crippen molar-refractivity contribution in [2.45, 2.75) is 117 Å². The quantitative estimate of drug-likeness (QED) is 0.341. The van der Waals surface area contributed by atoms with Crippen LogP contribution in [0.1, 0.15) is 98.0 Å². The van der Waals surface area contributed by atoms with Gasteiger partial charge in [0.25, 0.3) is 0 Å². The number of nitrogens with zero attached hydrogens (tertiary/aromatic N) is 1. The van der Waals surface area contributed by atoms with Crippen LogP contribution >= 0.6 is 0 Å². The summed E-state index contributed by atoms with van der Waals surface area (Å²) in [6, 6.07) is 10.1. The van der Waals surface area contributed by atoms with Gasteiger partial charge >= 0.3 is 6.09 Å². The highest BCUT2D eigenvalue weighted by atomic mass is 16.6. The topological polar surface area (TPSA) is 38.8 Å². The molecule has 7 rings (SSSR count). The number of hydrogen-bond donors (Lipinski definition) is 0. The molecule has 41 heavy (non-hydrogen) atoms. The third-order valence-corrected chi connectivity index (χ3v) is 12.9. The van der Waals surface area contributed by atoms with E-state index in [1.54, 1.807) is 16.7 Å².